The van der Waals surface area contributed by atoms with Gasteiger partial charge in [0.05, 0.1) is 12.3 Å². The Morgan fingerprint density at radius 2 is 2.07 bits per heavy atom. The number of hydrogen-bond acceptors (Lipinski definition) is 6. The van der Waals surface area contributed by atoms with E-state index >= 15 is 0 Å². The van der Waals surface area contributed by atoms with Crippen molar-refractivity contribution in [1.29, 1.82) is 0 Å². The second-order valence-electron chi connectivity index (χ2n) is 2.25. The van der Waals surface area contributed by atoms with Gasteiger partial charge < -0.3 is 9.79 Å². The Bertz CT molecular complexity index is 264. The summed E-state index contributed by atoms with van der Waals surface area (Å²) in [5.74, 6) is 0.521. The summed E-state index contributed by atoms with van der Waals surface area (Å²) >= 11 is 5.42. The first-order chi connectivity index (χ1) is 6.33. The van der Waals surface area contributed by atoms with E-state index in [2.05, 4.69) is 20.6 Å². The molecule has 2 atom stereocenters. The summed E-state index contributed by atoms with van der Waals surface area (Å²) in [4.78, 5) is 20.4. The molecule has 0 rings (SSSR count). The fourth-order valence-corrected chi connectivity index (χ4v) is 6.49. The molecule has 0 aliphatic heterocycles. The van der Waals surface area contributed by atoms with Gasteiger partial charge in [-0.05, 0) is 19.1 Å². The van der Waals surface area contributed by atoms with Crippen LogP contribution in [-0.2, 0) is 25.2 Å². The van der Waals surface area contributed by atoms with Gasteiger partial charge in [0.25, 0.3) is 0 Å². The third kappa shape index (κ3) is 11.5. The average molecular weight is 318 g/mol. The molecule has 86 valence electrons. The maximum Gasteiger partial charge on any atom is 1.00 e. The Morgan fingerprint density at radius 1 is 1.53 bits per heavy atom. The minimum atomic E-state index is -4.24. The summed E-state index contributed by atoms with van der Waals surface area (Å²) in [6.07, 6.45) is 0.763. The zero-order valence-electron chi connectivity index (χ0n) is 8.91. The average Bonchev–Trinajstić information content (AvgIpc) is 1.98. The molecule has 0 aromatic heterocycles. The molecule has 0 aliphatic rings. The molecule has 2 unspecified atom stereocenters. The molecule has 0 amide bonds. The van der Waals surface area contributed by atoms with Crippen LogP contribution < -0.4 is 56.3 Å². The Balaban J connectivity index is 0. The quantitative estimate of drug-likeness (QED) is 0.470. The topological polar surface area (TPSA) is 78.8 Å². The van der Waals surface area contributed by atoms with E-state index in [0.29, 0.717) is 5.75 Å². The van der Waals surface area contributed by atoms with E-state index < -0.39 is 13.5 Å². The van der Waals surface area contributed by atoms with Gasteiger partial charge in [0, 0.05) is 0 Å². The maximum absolute atomic E-state index is 11.4. The Labute approximate surface area is 142 Å². The van der Waals surface area contributed by atoms with Crippen molar-refractivity contribution in [2.45, 2.75) is 20.3 Å². The van der Waals surface area contributed by atoms with Crippen LogP contribution in [0.15, 0.2) is 0 Å². The van der Waals surface area contributed by atoms with Crippen LogP contribution in [0, 0.1) is 0 Å². The summed E-state index contributed by atoms with van der Waals surface area (Å²) in [6.45, 7) is 3.41. The number of phosphoric ester groups is 1. The molecule has 0 heterocycles. The molecule has 15 heavy (non-hydrogen) atoms. The predicted octanol–water partition coefficient (Wildman–Crippen LogP) is -1.13. The van der Waals surface area contributed by atoms with Crippen LogP contribution in [0.3, 0.4) is 0 Å². The molecule has 0 aromatic rings. The molecule has 0 fully saturated rings. The molecule has 0 spiro atoms. The van der Waals surface area contributed by atoms with Gasteiger partial charge in [-0.2, -0.15) is 0 Å². The number of phosphoric acid groups is 1. The van der Waals surface area contributed by atoms with Gasteiger partial charge in [0.2, 0.25) is 0 Å². The zero-order chi connectivity index (χ0) is 11.2. The molecule has 1 N–H and O–H groups in total. The van der Waals surface area contributed by atoms with Crippen LogP contribution in [0.1, 0.15) is 20.3 Å². The van der Waals surface area contributed by atoms with E-state index in [-0.39, 0.29) is 58.0 Å². The van der Waals surface area contributed by atoms with Crippen molar-refractivity contribution < 1.29 is 74.6 Å². The molecule has 10 heteroatoms. The Kier molecular flexibility index (Phi) is 12.8. The van der Waals surface area contributed by atoms with Crippen LogP contribution in [0.4, 0.5) is 0 Å². The largest absolute Gasteiger partial charge is 1.00 e. The van der Waals surface area contributed by atoms with Crippen molar-refractivity contribution in [3.05, 3.63) is 0 Å². The summed E-state index contributed by atoms with van der Waals surface area (Å²) in [5, 5.41) is 0. The SMILES string of the molecule is CCCSP([O-])(=S)OP(=O)(O)OCC.[K+]. The summed E-state index contributed by atoms with van der Waals surface area (Å²) < 4.78 is 19.8. The second-order valence-corrected chi connectivity index (χ2v) is 10.0. The van der Waals surface area contributed by atoms with Crippen molar-refractivity contribution in [2.24, 2.45) is 0 Å². The molecule has 0 aromatic carbocycles. The molecule has 0 radical (unpaired) electrons. The number of rotatable bonds is 7. The van der Waals surface area contributed by atoms with Crippen LogP contribution >= 0.6 is 24.9 Å². The minimum Gasteiger partial charge on any atom is -0.793 e. The fourth-order valence-electron chi connectivity index (χ4n) is 0.540. The van der Waals surface area contributed by atoms with Gasteiger partial charge in [0.15, 0.2) is 0 Å². The smallest absolute Gasteiger partial charge is 0.793 e. The van der Waals surface area contributed by atoms with Crippen molar-refractivity contribution in [1.82, 2.24) is 0 Å². The van der Waals surface area contributed by atoms with Gasteiger partial charge in [-0.15, -0.1) is 11.4 Å². The van der Waals surface area contributed by atoms with E-state index in [4.69, 9.17) is 4.89 Å². The van der Waals surface area contributed by atoms with Gasteiger partial charge in [-0.3, -0.25) is 8.83 Å². The third-order valence-corrected chi connectivity index (χ3v) is 7.71. The molecule has 0 saturated carbocycles. The van der Waals surface area contributed by atoms with E-state index in [1.165, 1.54) is 6.92 Å². The van der Waals surface area contributed by atoms with Crippen LogP contribution in [0.5, 0.6) is 0 Å². The Morgan fingerprint density at radius 3 is 2.47 bits per heavy atom. The fraction of sp³-hybridized carbons (Fsp3) is 1.00. The zero-order valence-corrected chi connectivity index (χ0v) is 15.5. The van der Waals surface area contributed by atoms with Gasteiger partial charge in [0.1, 0.15) is 0 Å². The minimum absolute atomic E-state index is 0. The molecular weight excluding hydrogens is 305 g/mol. The van der Waals surface area contributed by atoms with Crippen molar-refractivity contribution in [3.63, 3.8) is 0 Å². The van der Waals surface area contributed by atoms with Gasteiger partial charge in [-0.25, -0.2) is 4.57 Å². The summed E-state index contributed by atoms with van der Waals surface area (Å²) in [5.41, 5.74) is -3.50. The molecule has 5 nitrogen and oxygen atoms in total. The van der Waals surface area contributed by atoms with Crippen LogP contribution in [-0.4, -0.2) is 17.3 Å². The van der Waals surface area contributed by atoms with E-state index in [1.807, 2.05) is 6.92 Å². The first kappa shape index (κ1) is 20.0. The monoisotopic (exact) mass is 318 g/mol. The van der Waals surface area contributed by atoms with Crippen LogP contribution in [0.2, 0.25) is 0 Å². The van der Waals surface area contributed by atoms with Crippen molar-refractivity contribution in [3.8, 4) is 0 Å². The second kappa shape index (κ2) is 9.61. The van der Waals surface area contributed by atoms with Gasteiger partial charge in [-0.1, -0.05) is 18.7 Å². The first-order valence-corrected chi connectivity index (χ1v) is 9.69. The summed E-state index contributed by atoms with van der Waals surface area (Å²) in [6, 6.07) is 0. The third-order valence-electron chi connectivity index (χ3n) is 0.949. The molecule has 0 bridgehead atoms. The van der Waals surface area contributed by atoms with Crippen LogP contribution in [0.25, 0.3) is 0 Å². The van der Waals surface area contributed by atoms with Crippen molar-refractivity contribution in [2.75, 3.05) is 12.4 Å². The Hall–Kier alpha value is 2.71. The van der Waals surface area contributed by atoms with E-state index in [9.17, 15) is 9.46 Å². The van der Waals surface area contributed by atoms with E-state index in [0.717, 1.165) is 17.8 Å². The standard InChI is InChI=1S/C5H14O5P2S2.K/c1-3-5-14-12(8,13)10-11(6,7)9-4-2;/h3-5H2,1-2H3,(H,6,7)(H,8,13);/q;+1/p-1. The molecule has 0 saturated heterocycles. The first-order valence-electron chi connectivity index (χ1n) is 3.97. The summed E-state index contributed by atoms with van der Waals surface area (Å²) in [7, 11) is -4.24. The maximum atomic E-state index is 11.4. The predicted molar refractivity (Wildman–Crippen MR) is 59.6 cm³/mol. The van der Waals surface area contributed by atoms with Gasteiger partial charge >= 0.3 is 59.2 Å². The molecule has 0 aliphatic carbocycles. The number of hydrogen-bond donors (Lipinski definition) is 1. The molecular formula is C5H13KO5P2S2. The normalized spacial score (nSPS) is 18.7. The van der Waals surface area contributed by atoms with Crippen molar-refractivity contribution >= 4 is 36.7 Å². The van der Waals surface area contributed by atoms with E-state index in [1.54, 1.807) is 0 Å².